The van der Waals surface area contributed by atoms with Crippen LogP contribution in [0.15, 0.2) is 17.5 Å². The van der Waals surface area contributed by atoms with E-state index in [0.717, 1.165) is 5.01 Å². The number of carbonyl (C=O) groups is 2. The number of carbonyl (C=O) groups excluding carboxylic acids is 1. The molecule has 0 radical (unpaired) electrons. The quantitative estimate of drug-likeness (QED) is 0.338. The second-order valence-electron chi connectivity index (χ2n) is 13.8. The molecule has 2 saturated heterocycles. The molecule has 1 aromatic rings. The molecule has 5 aliphatic rings. The first-order chi connectivity index (χ1) is 23.4. The Morgan fingerprint density at radius 3 is 2.46 bits per heavy atom. The molecule has 3 aliphatic heterocycles. The fraction of sp³-hybridized carbons (Fsp3) is 0.742. The maximum Gasteiger partial charge on any atom is 0.433 e. The standard InChI is InChI=1S/C31H38F8N6O5/c1-15-24(16-4-3-5-17(8-16)30(34,35)36)50-28(48)44(15)12-22-20(10-40-27(42-22)43-13-29(32,33)14-43)19-9-18(6-7-23(19)49-2)45-25(31(37,38)39)21(11-41-45)26(46)47/h10,15-19,23-24,41H,3-9,11-14H2,1-2H3,(H,46,47). The van der Waals surface area contributed by atoms with E-state index in [0.29, 0.717) is 18.4 Å². The van der Waals surface area contributed by atoms with E-state index < -0.39 is 103 Å². The second kappa shape index (κ2) is 13.2. The first-order valence-corrected chi connectivity index (χ1v) is 16.5. The Hall–Kier alpha value is -3.48. The Morgan fingerprint density at radius 2 is 1.84 bits per heavy atom. The van der Waals surface area contributed by atoms with Gasteiger partial charge in [-0.15, -0.1) is 0 Å². The number of rotatable bonds is 8. The smallest absolute Gasteiger partial charge is 0.433 e. The number of amides is 1. The molecule has 0 bridgehead atoms. The van der Waals surface area contributed by atoms with Crippen LogP contribution in [0.2, 0.25) is 0 Å². The molecule has 7 atom stereocenters. The normalized spacial score (nSPS) is 32.0. The third-order valence-corrected chi connectivity index (χ3v) is 10.7. The van der Waals surface area contributed by atoms with Crippen molar-refractivity contribution < 1.29 is 59.3 Å². The van der Waals surface area contributed by atoms with E-state index in [1.807, 2.05) is 0 Å². The Kier molecular flexibility index (Phi) is 9.62. The van der Waals surface area contributed by atoms with Gasteiger partial charge in [0.25, 0.3) is 5.92 Å². The summed E-state index contributed by atoms with van der Waals surface area (Å²) in [6, 6.07) is -1.53. The SMILES string of the molecule is COC1CCC(N2NCC(C(=O)O)=C2C(F)(F)F)CC1c1cnc(N2CC(F)(F)C2)nc1CN1C(=O)OC(C2CCCC(C(F)(F)F)C2)C1C. The molecule has 2 aliphatic carbocycles. The van der Waals surface area contributed by atoms with E-state index in [4.69, 9.17) is 9.47 Å². The minimum atomic E-state index is -4.97. The number of aromatic nitrogens is 2. The Labute approximate surface area is 281 Å². The van der Waals surface area contributed by atoms with Crippen LogP contribution >= 0.6 is 0 Å². The molecule has 0 spiro atoms. The number of nitrogens with zero attached hydrogens (tertiary/aromatic N) is 5. The van der Waals surface area contributed by atoms with Gasteiger partial charge >= 0.3 is 24.4 Å². The summed E-state index contributed by atoms with van der Waals surface area (Å²) in [5.41, 5.74) is 1.03. The van der Waals surface area contributed by atoms with E-state index >= 15 is 0 Å². The predicted octanol–water partition coefficient (Wildman–Crippen LogP) is 5.38. The molecule has 50 heavy (non-hydrogen) atoms. The molecular formula is C31H38F8N6O5. The van der Waals surface area contributed by atoms with Gasteiger partial charge in [-0.2, -0.15) is 26.3 Å². The summed E-state index contributed by atoms with van der Waals surface area (Å²) in [5, 5.41) is 10.3. The number of carboxylic acids is 1. The van der Waals surface area contributed by atoms with E-state index in [1.165, 1.54) is 23.1 Å². The zero-order valence-electron chi connectivity index (χ0n) is 27.2. The van der Waals surface area contributed by atoms with Crippen LogP contribution < -0.4 is 10.3 Å². The summed E-state index contributed by atoms with van der Waals surface area (Å²) in [6.07, 6.45) is -9.12. The molecule has 278 valence electrons. The molecule has 7 unspecified atom stereocenters. The van der Waals surface area contributed by atoms with Crippen LogP contribution in [0, 0.1) is 11.8 Å². The number of nitrogens with one attached hydrogen (secondary N) is 1. The van der Waals surface area contributed by atoms with Crippen LogP contribution in [0.25, 0.3) is 0 Å². The van der Waals surface area contributed by atoms with E-state index in [1.54, 1.807) is 6.92 Å². The largest absolute Gasteiger partial charge is 0.478 e. The highest BCUT2D eigenvalue weighted by molar-refractivity contribution is 5.88. The monoisotopic (exact) mass is 726 g/mol. The van der Waals surface area contributed by atoms with Crippen molar-refractivity contribution in [1.82, 2.24) is 25.3 Å². The second-order valence-corrected chi connectivity index (χ2v) is 13.8. The molecule has 2 saturated carbocycles. The number of allylic oxidation sites excluding steroid dienone is 1. The van der Waals surface area contributed by atoms with Gasteiger partial charge in [-0.1, -0.05) is 6.42 Å². The number of ether oxygens (including phenoxy) is 2. The summed E-state index contributed by atoms with van der Waals surface area (Å²) in [6.45, 7) is -0.420. The summed E-state index contributed by atoms with van der Waals surface area (Å²) >= 11 is 0. The number of aliphatic carboxylic acids is 1. The Balaban J connectivity index is 1.30. The molecular weight excluding hydrogens is 688 g/mol. The first-order valence-electron chi connectivity index (χ1n) is 16.5. The van der Waals surface area contributed by atoms with Gasteiger partial charge in [0.05, 0.1) is 49.0 Å². The van der Waals surface area contributed by atoms with Gasteiger partial charge in [0.2, 0.25) is 5.95 Å². The fourth-order valence-corrected chi connectivity index (χ4v) is 8.20. The number of cyclic esters (lactones) is 1. The van der Waals surface area contributed by atoms with Crippen LogP contribution in [0.4, 0.5) is 45.9 Å². The number of hydrogen-bond acceptors (Lipinski definition) is 9. The third kappa shape index (κ3) is 7.03. The molecule has 2 N–H and O–H groups in total. The van der Waals surface area contributed by atoms with Gasteiger partial charge in [0.1, 0.15) is 11.8 Å². The minimum absolute atomic E-state index is 0.00471. The molecule has 0 aromatic carbocycles. The maximum atomic E-state index is 14.2. The molecule has 6 rings (SSSR count). The van der Waals surface area contributed by atoms with Gasteiger partial charge < -0.3 is 24.5 Å². The number of alkyl halides is 8. The van der Waals surface area contributed by atoms with Gasteiger partial charge in [-0.05, 0) is 56.9 Å². The fourth-order valence-electron chi connectivity index (χ4n) is 8.20. The number of halogens is 8. The minimum Gasteiger partial charge on any atom is -0.478 e. The zero-order valence-corrected chi connectivity index (χ0v) is 27.2. The van der Waals surface area contributed by atoms with E-state index in [-0.39, 0.29) is 50.3 Å². The van der Waals surface area contributed by atoms with Gasteiger partial charge in [-0.3, -0.25) is 4.90 Å². The number of hydrazine groups is 1. The zero-order chi connectivity index (χ0) is 36.3. The Bertz CT molecular complexity index is 1500. The number of methoxy groups -OCH3 is 1. The van der Waals surface area contributed by atoms with Crippen molar-refractivity contribution in [3.63, 3.8) is 0 Å². The van der Waals surface area contributed by atoms with Gasteiger partial charge in [0, 0.05) is 31.8 Å². The number of hydrogen-bond donors (Lipinski definition) is 2. The molecule has 1 amide bonds. The number of anilines is 1. The predicted molar refractivity (Wildman–Crippen MR) is 158 cm³/mol. The van der Waals surface area contributed by atoms with Gasteiger partial charge in [-0.25, -0.2) is 33.8 Å². The molecule has 11 nitrogen and oxygen atoms in total. The topological polar surface area (TPSA) is 120 Å². The van der Waals surface area contributed by atoms with E-state index in [9.17, 15) is 49.8 Å². The molecule has 19 heteroatoms. The van der Waals surface area contributed by atoms with Crippen molar-refractivity contribution in [3.8, 4) is 0 Å². The van der Waals surface area contributed by atoms with Crippen molar-refractivity contribution in [1.29, 1.82) is 0 Å². The van der Waals surface area contributed by atoms with Crippen molar-refractivity contribution >= 4 is 18.0 Å². The maximum absolute atomic E-state index is 14.2. The van der Waals surface area contributed by atoms with Crippen LogP contribution in [0.5, 0.6) is 0 Å². The van der Waals surface area contributed by atoms with Crippen molar-refractivity contribution in [3.05, 3.63) is 28.7 Å². The van der Waals surface area contributed by atoms with Gasteiger partial charge in [0.15, 0.2) is 0 Å². The first kappa shape index (κ1) is 36.3. The van der Waals surface area contributed by atoms with Crippen LogP contribution in [0.1, 0.15) is 69.0 Å². The van der Waals surface area contributed by atoms with Crippen LogP contribution in [-0.4, -0.2) is 106 Å². The highest BCUT2D eigenvalue weighted by Crippen LogP contribution is 2.46. The number of carboxylic acid groups (broad SMARTS) is 1. The highest BCUT2D eigenvalue weighted by Gasteiger charge is 2.51. The summed E-state index contributed by atoms with van der Waals surface area (Å²) in [4.78, 5) is 36.4. The lowest BCUT2D eigenvalue weighted by molar-refractivity contribution is -0.188. The lowest BCUT2D eigenvalue weighted by Gasteiger charge is -2.42. The highest BCUT2D eigenvalue weighted by atomic mass is 19.4. The van der Waals surface area contributed by atoms with Crippen molar-refractivity contribution in [2.45, 2.75) is 107 Å². The average molecular weight is 727 g/mol. The lowest BCUT2D eigenvalue weighted by atomic mass is 9.77. The van der Waals surface area contributed by atoms with E-state index in [2.05, 4.69) is 15.4 Å². The molecule has 4 heterocycles. The Morgan fingerprint density at radius 1 is 1.12 bits per heavy atom. The summed E-state index contributed by atoms with van der Waals surface area (Å²) in [5.74, 6) is -7.45. The lowest BCUT2D eigenvalue weighted by Crippen LogP contribution is -2.57. The van der Waals surface area contributed by atoms with Crippen LogP contribution in [-0.2, 0) is 20.8 Å². The van der Waals surface area contributed by atoms with Crippen LogP contribution in [0.3, 0.4) is 0 Å². The van der Waals surface area contributed by atoms with Crippen molar-refractivity contribution in [2.75, 3.05) is 31.6 Å². The molecule has 1 aromatic heterocycles. The summed E-state index contributed by atoms with van der Waals surface area (Å²) < 4.78 is 122. The average Bonchev–Trinajstić information content (AvgIpc) is 3.61. The van der Waals surface area contributed by atoms with Crippen molar-refractivity contribution in [2.24, 2.45) is 11.8 Å². The molecule has 4 fully saturated rings. The summed E-state index contributed by atoms with van der Waals surface area (Å²) in [7, 11) is 1.43. The third-order valence-electron chi connectivity index (χ3n) is 10.7.